The minimum Gasteiger partial charge on any atom is -0.356 e. The molecule has 0 unspecified atom stereocenters. The van der Waals surface area contributed by atoms with Gasteiger partial charge in [0, 0.05) is 5.69 Å². The Morgan fingerprint density at radius 1 is 1.05 bits per heavy atom. The van der Waals surface area contributed by atoms with E-state index in [2.05, 4.69) is 68.7 Å². The first-order chi connectivity index (χ1) is 10.5. The molecule has 0 aliphatic heterocycles. The molecule has 2 rings (SSSR count). The average Bonchev–Trinajstić information content (AvgIpc) is 2.45. The van der Waals surface area contributed by atoms with Crippen molar-refractivity contribution in [3.63, 3.8) is 0 Å². The van der Waals surface area contributed by atoms with Crippen LogP contribution in [0.5, 0.6) is 0 Å². The van der Waals surface area contributed by atoms with Gasteiger partial charge in [-0.2, -0.15) is 0 Å². The Morgan fingerprint density at radius 2 is 1.77 bits per heavy atom. The van der Waals surface area contributed by atoms with E-state index in [1.807, 2.05) is 12.1 Å². The SMILES string of the molecule is CC[C@H](NC(=S)Nc1cccc(C)c1)c1ccc(C)cc1C. The lowest BCUT2D eigenvalue weighted by Gasteiger charge is -2.22. The molecule has 3 heteroatoms. The summed E-state index contributed by atoms with van der Waals surface area (Å²) in [7, 11) is 0. The van der Waals surface area contributed by atoms with Gasteiger partial charge >= 0.3 is 0 Å². The normalized spacial score (nSPS) is 11.8. The molecule has 2 aromatic carbocycles. The van der Waals surface area contributed by atoms with Crippen LogP contribution in [0.15, 0.2) is 42.5 Å². The molecule has 0 saturated heterocycles. The highest BCUT2D eigenvalue weighted by atomic mass is 32.1. The topological polar surface area (TPSA) is 24.1 Å². The van der Waals surface area contributed by atoms with Crippen molar-refractivity contribution in [3.05, 3.63) is 64.7 Å². The van der Waals surface area contributed by atoms with E-state index >= 15 is 0 Å². The lowest BCUT2D eigenvalue weighted by atomic mass is 9.98. The highest BCUT2D eigenvalue weighted by Crippen LogP contribution is 2.22. The maximum atomic E-state index is 5.47. The van der Waals surface area contributed by atoms with Gasteiger partial charge < -0.3 is 10.6 Å². The molecule has 0 aliphatic carbocycles. The lowest BCUT2D eigenvalue weighted by Crippen LogP contribution is -2.32. The number of thiocarbonyl (C=S) groups is 1. The maximum Gasteiger partial charge on any atom is 0.171 e. The third-order valence-corrected chi connectivity index (χ3v) is 4.01. The molecule has 0 radical (unpaired) electrons. The zero-order valence-corrected chi connectivity index (χ0v) is 14.6. The number of aryl methyl sites for hydroxylation is 3. The van der Waals surface area contributed by atoms with Gasteiger partial charge in [-0.25, -0.2) is 0 Å². The second-order valence-corrected chi connectivity index (χ2v) is 6.20. The summed E-state index contributed by atoms with van der Waals surface area (Å²) in [6.07, 6.45) is 0.986. The van der Waals surface area contributed by atoms with Gasteiger partial charge in [0.05, 0.1) is 6.04 Å². The molecule has 0 saturated carbocycles. The zero-order chi connectivity index (χ0) is 16.1. The highest BCUT2D eigenvalue weighted by Gasteiger charge is 2.13. The van der Waals surface area contributed by atoms with Crippen LogP contribution in [0.3, 0.4) is 0 Å². The fourth-order valence-corrected chi connectivity index (χ4v) is 2.92. The van der Waals surface area contributed by atoms with Gasteiger partial charge in [0.25, 0.3) is 0 Å². The average molecular weight is 312 g/mol. The quantitative estimate of drug-likeness (QED) is 0.773. The summed E-state index contributed by atoms with van der Waals surface area (Å²) >= 11 is 5.47. The number of hydrogen-bond acceptors (Lipinski definition) is 1. The first-order valence-electron chi connectivity index (χ1n) is 7.71. The first-order valence-corrected chi connectivity index (χ1v) is 8.11. The molecular formula is C19H24N2S. The monoisotopic (exact) mass is 312 g/mol. The predicted octanol–water partition coefficient (Wildman–Crippen LogP) is 5.05. The second kappa shape index (κ2) is 7.41. The fraction of sp³-hybridized carbons (Fsp3) is 0.316. The Labute approximate surface area is 139 Å². The minimum absolute atomic E-state index is 0.227. The van der Waals surface area contributed by atoms with Crippen LogP contribution in [0.1, 0.15) is 41.6 Å². The number of benzene rings is 2. The Morgan fingerprint density at radius 3 is 2.41 bits per heavy atom. The van der Waals surface area contributed by atoms with Crippen LogP contribution >= 0.6 is 12.2 Å². The maximum absolute atomic E-state index is 5.47. The molecule has 0 aliphatic rings. The molecular weight excluding hydrogens is 288 g/mol. The fourth-order valence-electron chi connectivity index (χ4n) is 2.66. The van der Waals surface area contributed by atoms with E-state index in [1.165, 1.54) is 22.3 Å². The Balaban J connectivity index is 2.08. The van der Waals surface area contributed by atoms with Gasteiger partial charge in [0.2, 0.25) is 0 Å². The molecule has 0 fully saturated rings. The van der Waals surface area contributed by atoms with Gasteiger partial charge in [-0.15, -0.1) is 0 Å². The van der Waals surface area contributed by atoms with E-state index in [0.29, 0.717) is 5.11 Å². The van der Waals surface area contributed by atoms with E-state index in [-0.39, 0.29) is 6.04 Å². The Kier molecular flexibility index (Phi) is 5.56. The highest BCUT2D eigenvalue weighted by molar-refractivity contribution is 7.80. The Hall–Kier alpha value is -1.87. The molecule has 0 amide bonds. The van der Waals surface area contributed by atoms with Crippen LogP contribution in [-0.2, 0) is 0 Å². The van der Waals surface area contributed by atoms with Crippen LogP contribution in [0, 0.1) is 20.8 Å². The smallest absolute Gasteiger partial charge is 0.171 e. The molecule has 2 N–H and O–H groups in total. The number of rotatable bonds is 4. The molecule has 2 aromatic rings. The summed E-state index contributed by atoms with van der Waals surface area (Å²) < 4.78 is 0. The second-order valence-electron chi connectivity index (χ2n) is 5.79. The van der Waals surface area contributed by atoms with Gasteiger partial charge in [0.15, 0.2) is 5.11 Å². The van der Waals surface area contributed by atoms with E-state index < -0.39 is 0 Å². The summed E-state index contributed by atoms with van der Waals surface area (Å²) in [5, 5.41) is 7.36. The summed E-state index contributed by atoms with van der Waals surface area (Å²) in [4.78, 5) is 0. The number of anilines is 1. The number of hydrogen-bond donors (Lipinski definition) is 2. The largest absolute Gasteiger partial charge is 0.356 e. The zero-order valence-electron chi connectivity index (χ0n) is 13.7. The van der Waals surface area contributed by atoms with Gasteiger partial charge in [-0.1, -0.05) is 42.8 Å². The third-order valence-electron chi connectivity index (χ3n) is 3.79. The van der Waals surface area contributed by atoms with Crippen LogP contribution < -0.4 is 10.6 Å². The molecule has 0 heterocycles. The van der Waals surface area contributed by atoms with Crippen molar-refractivity contribution in [1.29, 1.82) is 0 Å². The summed E-state index contributed by atoms with van der Waals surface area (Å²) in [5.41, 5.74) is 6.14. The van der Waals surface area contributed by atoms with Crippen LogP contribution in [0.2, 0.25) is 0 Å². The molecule has 1 atom stereocenters. The molecule has 0 bridgehead atoms. The van der Waals surface area contributed by atoms with E-state index in [1.54, 1.807) is 0 Å². The minimum atomic E-state index is 0.227. The van der Waals surface area contributed by atoms with Crippen molar-refractivity contribution in [3.8, 4) is 0 Å². The van der Waals surface area contributed by atoms with Gasteiger partial charge in [-0.3, -0.25) is 0 Å². The third kappa shape index (κ3) is 4.31. The molecule has 0 aromatic heterocycles. The van der Waals surface area contributed by atoms with Crippen molar-refractivity contribution >= 4 is 23.0 Å². The van der Waals surface area contributed by atoms with Gasteiger partial charge in [0.1, 0.15) is 0 Å². The van der Waals surface area contributed by atoms with Crippen LogP contribution in [-0.4, -0.2) is 5.11 Å². The summed E-state index contributed by atoms with van der Waals surface area (Å²) in [6.45, 7) is 8.53. The standard InChI is InChI=1S/C19H24N2S/c1-5-18(17-10-9-14(3)11-15(17)4)21-19(22)20-16-8-6-7-13(2)12-16/h6-12,18H,5H2,1-4H3,(H2,20,21,22)/t18-/m0/s1. The van der Waals surface area contributed by atoms with Crippen molar-refractivity contribution in [1.82, 2.24) is 5.32 Å². The lowest BCUT2D eigenvalue weighted by molar-refractivity contribution is 0.625. The van der Waals surface area contributed by atoms with Crippen molar-refractivity contribution in [2.75, 3.05) is 5.32 Å². The Bertz CT molecular complexity index is 664. The molecule has 2 nitrogen and oxygen atoms in total. The van der Waals surface area contributed by atoms with Crippen LogP contribution in [0.4, 0.5) is 5.69 Å². The molecule has 0 spiro atoms. The van der Waals surface area contributed by atoms with Crippen molar-refractivity contribution in [2.24, 2.45) is 0 Å². The summed E-state index contributed by atoms with van der Waals surface area (Å²) in [6, 6.07) is 15.0. The number of nitrogens with one attached hydrogen (secondary N) is 2. The molecule has 116 valence electrons. The predicted molar refractivity (Wildman–Crippen MR) is 99.5 cm³/mol. The first kappa shape index (κ1) is 16.5. The van der Waals surface area contributed by atoms with Crippen molar-refractivity contribution in [2.45, 2.75) is 40.2 Å². The van der Waals surface area contributed by atoms with Crippen molar-refractivity contribution < 1.29 is 0 Å². The van der Waals surface area contributed by atoms with E-state index in [0.717, 1.165) is 12.1 Å². The van der Waals surface area contributed by atoms with E-state index in [9.17, 15) is 0 Å². The molecule has 22 heavy (non-hydrogen) atoms. The van der Waals surface area contributed by atoms with Crippen LogP contribution in [0.25, 0.3) is 0 Å². The van der Waals surface area contributed by atoms with E-state index in [4.69, 9.17) is 12.2 Å². The van der Waals surface area contributed by atoms with Gasteiger partial charge in [-0.05, 0) is 68.2 Å². The summed E-state index contributed by atoms with van der Waals surface area (Å²) in [5.74, 6) is 0.